The molecule has 0 spiro atoms. The molecule has 3 N–H and O–H groups in total. The van der Waals surface area contributed by atoms with Gasteiger partial charge in [-0.15, -0.1) is 0 Å². The van der Waals surface area contributed by atoms with E-state index in [4.69, 9.17) is 28.7 Å². The molecule has 4 aromatic rings. The Balaban J connectivity index is 0.000000251. The van der Waals surface area contributed by atoms with Crippen molar-refractivity contribution in [1.82, 2.24) is 0 Å². The molecule has 0 bridgehead atoms. The molecule has 0 fully saturated rings. The SMILES string of the molecule is BrCc1ccccc1.[C-]#[N+]c1cccc(C[C@H](C)C(=O)OCc2ccccc2)c1.[C-]#[N+]c1cccc(C[C@H](N)C(=O)O)c1. The molecule has 0 aliphatic carbocycles. The third-order valence-electron chi connectivity index (χ3n) is 6.02. The number of ether oxygens (including phenoxy) is 1. The van der Waals surface area contributed by atoms with Crippen LogP contribution in [-0.4, -0.2) is 23.1 Å². The quantitative estimate of drug-likeness (QED) is 0.110. The maximum absolute atomic E-state index is 12.0. The molecule has 4 rings (SSSR count). The van der Waals surface area contributed by atoms with Gasteiger partial charge in [-0.3, -0.25) is 9.59 Å². The van der Waals surface area contributed by atoms with Gasteiger partial charge in [-0.2, -0.15) is 0 Å². The molecule has 8 heteroatoms. The van der Waals surface area contributed by atoms with Crippen molar-refractivity contribution in [3.8, 4) is 0 Å². The topological polar surface area (TPSA) is 98.3 Å². The largest absolute Gasteiger partial charge is 0.480 e. The van der Waals surface area contributed by atoms with Gasteiger partial charge in [0.2, 0.25) is 0 Å². The van der Waals surface area contributed by atoms with Gasteiger partial charge in [0.15, 0.2) is 11.4 Å². The van der Waals surface area contributed by atoms with Crippen LogP contribution in [0.15, 0.2) is 109 Å². The lowest BCUT2D eigenvalue weighted by Gasteiger charge is -2.12. The molecular weight excluding hydrogens is 606 g/mol. The smallest absolute Gasteiger partial charge is 0.320 e. The van der Waals surface area contributed by atoms with E-state index in [9.17, 15) is 9.59 Å². The summed E-state index contributed by atoms with van der Waals surface area (Å²) in [5.74, 6) is -1.47. The molecule has 0 aromatic heterocycles. The number of halogens is 1. The summed E-state index contributed by atoms with van der Waals surface area (Å²) < 4.78 is 5.32. The van der Waals surface area contributed by atoms with Crippen molar-refractivity contribution in [3.05, 3.63) is 154 Å². The van der Waals surface area contributed by atoms with Gasteiger partial charge in [0.05, 0.1) is 19.1 Å². The van der Waals surface area contributed by atoms with Crippen LogP contribution in [0.4, 0.5) is 11.4 Å². The van der Waals surface area contributed by atoms with Crippen molar-refractivity contribution >= 4 is 39.2 Å². The third kappa shape index (κ3) is 13.6. The van der Waals surface area contributed by atoms with Crippen LogP contribution in [0.3, 0.4) is 0 Å². The predicted octanol–water partition coefficient (Wildman–Crippen LogP) is 7.93. The van der Waals surface area contributed by atoms with E-state index in [1.165, 1.54) is 5.56 Å². The van der Waals surface area contributed by atoms with Gasteiger partial charge in [-0.05, 0) is 24.0 Å². The Labute approximate surface area is 261 Å². The first-order valence-electron chi connectivity index (χ1n) is 13.5. The van der Waals surface area contributed by atoms with Gasteiger partial charge < -0.3 is 15.6 Å². The molecule has 43 heavy (non-hydrogen) atoms. The predicted molar refractivity (Wildman–Crippen MR) is 173 cm³/mol. The fraction of sp³-hybridized carbons (Fsp3) is 0.200. The maximum atomic E-state index is 12.0. The van der Waals surface area contributed by atoms with Crippen molar-refractivity contribution in [2.24, 2.45) is 11.7 Å². The average molecular weight is 641 g/mol. The van der Waals surface area contributed by atoms with E-state index in [-0.39, 0.29) is 18.3 Å². The zero-order valence-corrected chi connectivity index (χ0v) is 25.5. The fourth-order valence-electron chi connectivity index (χ4n) is 3.72. The summed E-state index contributed by atoms with van der Waals surface area (Å²) >= 11 is 3.36. The summed E-state index contributed by atoms with van der Waals surface area (Å²) in [6, 6.07) is 33.1. The summed E-state index contributed by atoms with van der Waals surface area (Å²) in [5, 5.41) is 9.54. The number of nitrogens with zero attached hydrogens (tertiary/aromatic N) is 2. The Morgan fingerprint density at radius 2 is 1.23 bits per heavy atom. The summed E-state index contributed by atoms with van der Waals surface area (Å²) in [6.07, 6.45) is 0.829. The molecule has 0 aliphatic rings. The number of hydrogen-bond acceptors (Lipinski definition) is 4. The monoisotopic (exact) mass is 639 g/mol. The number of alkyl halides is 1. The minimum atomic E-state index is -1.03. The first kappa shape index (κ1) is 34.4. The normalized spacial score (nSPS) is 11.1. The van der Waals surface area contributed by atoms with E-state index < -0.39 is 12.0 Å². The number of rotatable bonds is 9. The molecule has 0 radical (unpaired) electrons. The number of carboxylic acid groups (broad SMARTS) is 1. The highest BCUT2D eigenvalue weighted by Crippen LogP contribution is 2.18. The molecule has 4 aromatic carbocycles. The average Bonchev–Trinajstić information content (AvgIpc) is 3.05. The molecule has 0 saturated carbocycles. The standard InChI is InChI=1S/C18H17NO2.C10H10N2O2.C7H7Br/c1-14(11-16-9-6-10-17(12-16)19-2)18(20)21-13-15-7-4-3-5-8-15;1-12-8-4-2-3-7(5-8)6-9(11)10(13)14;8-6-7-4-2-1-3-5-7/h3-10,12,14H,11,13H2,1H3;2-5,9H,6,11H2,(H,13,14);1-5H,6H2/t14-;9-;/m00./s1. The van der Waals surface area contributed by atoms with Crippen LogP contribution < -0.4 is 5.73 Å². The Morgan fingerprint density at radius 3 is 1.67 bits per heavy atom. The van der Waals surface area contributed by atoms with Crippen molar-refractivity contribution in [2.45, 2.75) is 37.7 Å². The maximum Gasteiger partial charge on any atom is 0.320 e. The molecule has 0 heterocycles. The Kier molecular flexibility index (Phi) is 15.5. The van der Waals surface area contributed by atoms with Crippen molar-refractivity contribution in [3.63, 3.8) is 0 Å². The second-order valence-electron chi connectivity index (χ2n) is 9.53. The lowest BCUT2D eigenvalue weighted by molar-refractivity contribution is -0.149. The number of hydrogen-bond donors (Lipinski definition) is 2. The lowest BCUT2D eigenvalue weighted by Crippen LogP contribution is -2.32. The van der Waals surface area contributed by atoms with Gasteiger partial charge >= 0.3 is 11.9 Å². The number of carbonyl (C=O) groups is 2. The molecule has 0 aliphatic heterocycles. The van der Waals surface area contributed by atoms with Crippen LogP contribution in [0, 0.1) is 19.1 Å². The van der Waals surface area contributed by atoms with Crippen LogP contribution in [0.1, 0.15) is 29.2 Å². The molecule has 0 amide bonds. The number of nitrogens with two attached hydrogens (primary N) is 1. The summed E-state index contributed by atoms with van der Waals surface area (Å²) in [4.78, 5) is 29.1. The van der Waals surface area contributed by atoms with Gasteiger partial charge in [0, 0.05) is 5.33 Å². The Hall–Kier alpha value is -4.76. The van der Waals surface area contributed by atoms with Crippen LogP contribution >= 0.6 is 15.9 Å². The summed E-state index contributed by atoms with van der Waals surface area (Å²) in [6.45, 7) is 15.9. The lowest BCUT2D eigenvalue weighted by atomic mass is 10.0. The van der Waals surface area contributed by atoms with E-state index in [0.717, 1.165) is 22.0 Å². The summed E-state index contributed by atoms with van der Waals surface area (Å²) in [7, 11) is 0. The third-order valence-corrected chi connectivity index (χ3v) is 6.66. The van der Waals surface area contributed by atoms with Crippen LogP contribution in [-0.2, 0) is 39.1 Å². The van der Waals surface area contributed by atoms with E-state index in [1.807, 2.05) is 73.7 Å². The molecule has 220 valence electrons. The minimum absolute atomic E-state index is 0.216. The first-order valence-corrected chi connectivity index (χ1v) is 14.6. The van der Waals surface area contributed by atoms with E-state index >= 15 is 0 Å². The van der Waals surface area contributed by atoms with E-state index in [2.05, 4.69) is 37.8 Å². The van der Waals surface area contributed by atoms with Crippen LogP contribution in [0.25, 0.3) is 9.69 Å². The highest BCUT2D eigenvalue weighted by atomic mass is 79.9. The molecule has 2 atom stereocenters. The molecule has 0 saturated heterocycles. The zero-order chi connectivity index (χ0) is 31.5. The molecule has 0 unspecified atom stereocenters. The van der Waals surface area contributed by atoms with Crippen LogP contribution in [0.5, 0.6) is 0 Å². The highest BCUT2D eigenvalue weighted by Gasteiger charge is 2.15. The highest BCUT2D eigenvalue weighted by molar-refractivity contribution is 9.08. The first-order chi connectivity index (χ1) is 20.7. The van der Waals surface area contributed by atoms with Gasteiger partial charge in [-0.25, -0.2) is 9.69 Å². The van der Waals surface area contributed by atoms with E-state index in [0.29, 0.717) is 24.4 Å². The van der Waals surface area contributed by atoms with Crippen molar-refractivity contribution < 1.29 is 19.4 Å². The van der Waals surface area contributed by atoms with E-state index in [1.54, 1.807) is 30.3 Å². The van der Waals surface area contributed by atoms with Gasteiger partial charge in [0.25, 0.3) is 0 Å². The summed E-state index contributed by atoms with van der Waals surface area (Å²) in [5.41, 5.74) is 10.5. The van der Waals surface area contributed by atoms with Crippen molar-refractivity contribution in [2.75, 3.05) is 0 Å². The second kappa shape index (κ2) is 19.4. The van der Waals surface area contributed by atoms with Gasteiger partial charge in [-0.1, -0.05) is 143 Å². The fourth-order valence-corrected chi connectivity index (χ4v) is 4.10. The van der Waals surface area contributed by atoms with Gasteiger partial charge in [0.1, 0.15) is 12.6 Å². The van der Waals surface area contributed by atoms with Crippen molar-refractivity contribution in [1.29, 1.82) is 0 Å². The zero-order valence-electron chi connectivity index (χ0n) is 23.9. The number of aliphatic carboxylic acids is 1. The molecular formula is C35H34BrN3O4. The number of carbonyl (C=O) groups excluding carboxylic acids is 1. The Bertz CT molecular complexity index is 1520. The minimum Gasteiger partial charge on any atom is -0.480 e. The number of esters is 1. The van der Waals surface area contributed by atoms with Crippen LogP contribution in [0.2, 0.25) is 0 Å². The second-order valence-corrected chi connectivity index (χ2v) is 10.1. The molecule has 7 nitrogen and oxygen atoms in total. The number of carboxylic acids is 1. The number of benzene rings is 4. The Morgan fingerprint density at radius 1 is 0.767 bits per heavy atom.